The molecule has 0 bridgehead atoms. The number of thiophene rings is 1. The zero-order chi connectivity index (χ0) is 20.2. The highest BCUT2D eigenvalue weighted by Gasteiger charge is 2.36. The first-order chi connectivity index (χ1) is 14.1. The van der Waals surface area contributed by atoms with Crippen molar-refractivity contribution in [3.05, 3.63) is 76.4 Å². The SMILES string of the molecule is Cc1ccccc1N(C(=O)c1ccco1)[C@H](C(=O)NC1CCCC1)c1cccs1. The van der Waals surface area contributed by atoms with Gasteiger partial charge in [0.2, 0.25) is 5.91 Å². The van der Waals surface area contributed by atoms with Crippen molar-refractivity contribution in [1.82, 2.24) is 5.32 Å². The molecule has 29 heavy (non-hydrogen) atoms. The van der Waals surface area contributed by atoms with E-state index in [9.17, 15) is 9.59 Å². The Morgan fingerprint density at radius 3 is 2.55 bits per heavy atom. The van der Waals surface area contributed by atoms with Crippen LogP contribution in [0.3, 0.4) is 0 Å². The highest BCUT2D eigenvalue weighted by molar-refractivity contribution is 7.10. The number of hydrogen-bond donors (Lipinski definition) is 1. The van der Waals surface area contributed by atoms with Crippen LogP contribution >= 0.6 is 11.3 Å². The van der Waals surface area contributed by atoms with Crippen molar-refractivity contribution in [2.45, 2.75) is 44.7 Å². The largest absolute Gasteiger partial charge is 0.459 e. The van der Waals surface area contributed by atoms with E-state index in [1.54, 1.807) is 17.0 Å². The zero-order valence-corrected chi connectivity index (χ0v) is 17.2. The van der Waals surface area contributed by atoms with E-state index in [1.807, 2.05) is 48.7 Å². The quantitative estimate of drug-likeness (QED) is 0.617. The molecule has 2 heterocycles. The molecule has 0 radical (unpaired) electrons. The standard InChI is InChI=1S/C23H24N2O3S/c1-16-8-2-5-11-18(16)25(23(27)19-12-6-14-28-19)21(20-13-7-15-29-20)22(26)24-17-9-3-4-10-17/h2,5-8,11-15,17,21H,3-4,9-10H2,1H3,(H,24,26)/t21-/m0/s1. The molecular weight excluding hydrogens is 384 g/mol. The summed E-state index contributed by atoms with van der Waals surface area (Å²) < 4.78 is 5.40. The molecule has 1 atom stereocenters. The summed E-state index contributed by atoms with van der Waals surface area (Å²) in [6.07, 6.45) is 5.70. The van der Waals surface area contributed by atoms with E-state index in [4.69, 9.17) is 4.42 Å². The van der Waals surface area contributed by atoms with Crippen LogP contribution < -0.4 is 10.2 Å². The number of aryl methyl sites for hydroxylation is 1. The predicted molar refractivity (Wildman–Crippen MR) is 114 cm³/mol. The molecule has 1 saturated carbocycles. The second-order valence-electron chi connectivity index (χ2n) is 7.35. The zero-order valence-electron chi connectivity index (χ0n) is 16.3. The fraction of sp³-hybridized carbons (Fsp3) is 0.304. The van der Waals surface area contributed by atoms with Crippen LogP contribution in [-0.4, -0.2) is 17.9 Å². The van der Waals surface area contributed by atoms with Gasteiger partial charge in [0.25, 0.3) is 5.91 Å². The molecule has 1 N–H and O–H groups in total. The Labute approximate surface area is 174 Å². The number of rotatable bonds is 6. The molecule has 0 unspecified atom stereocenters. The third kappa shape index (κ3) is 4.12. The highest BCUT2D eigenvalue weighted by atomic mass is 32.1. The summed E-state index contributed by atoms with van der Waals surface area (Å²) in [5.74, 6) is -0.268. The van der Waals surface area contributed by atoms with Gasteiger partial charge in [0, 0.05) is 16.6 Å². The number of amides is 2. The van der Waals surface area contributed by atoms with Crippen molar-refractivity contribution in [2.24, 2.45) is 0 Å². The van der Waals surface area contributed by atoms with Crippen LogP contribution in [0.1, 0.15) is 52.7 Å². The van der Waals surface area contributed by atoms with Gasteiger partial charge in [-0.25, -0.2) is 0 Å². The summed E-state index contributed by atoms with van der Waals surface area (Å²) in [6.45, 7) is 1.94. The molecule has 2 aromatic heterocycles. The van der Waals surface area contributed by atoms with Crippen molar-refractivity contribution in [1.29, 1.82) is 0 Å². The van der Waals surface area contributed by atoms with Crippen LogP contribution in [-0.2, 0) is 4.79 Å². The third-order valence-corrected chi connectivity index (χ3v) is 6.27. The average molecular weight is 409 g/mol. The Morgan fingerprint density at radius 2 is 1.90 bits per heavy atom. The molecule has 5 nitrogen and oxygen atoms in total. The van der Waals surface area contributed by atoms with E-state index in [0.717, 1.165) is 36.1 Å². The maximum Gasteiger partial charge on any atom is 0.295 e. The first-order valence-electron chi connectivity index (χ1n) is 9.91. The second-order valence-corrected chi connectivity index (χ2v) is 8.33. The van der Waals surface area contributed by atoms with Gasteiger partial charge in [-0.3, -0.25) is 14.5 Å². The van der Waals surface area contributed by atoms with Crippen molar-refractivity contribution >= 4 is 28.8 Å². The maximum absolute atomic E-state index is 13.5. The lowest BCUT2D eigenvalue weighted by Crippen LogP contribution is -2.46. The molecule has 1 aromatic carbocycles. The Hall–Kier alpha value is -2.86. The monoisotopic (exact) mass is 408 g/mol. The van der Waals surface area contributed by atoms with Crippen molar-refractivity contribution in [3.8, 4) is 0 Å². The smallest absolute Gasteiger partial charge is 0.295 e. The highest BCUT2D eigenvalue weighted by Crippen LogP contribution is 2.34. The van der Waals surface area contributed by atoms with Crippen LogP contribution in [0, 0.1) is 6.92 Å². The number of para-hydroxylation sites is 1. The van der Waals surface area contributed by atoms with E-state index in [-0.39, 0.29) is 23.6 Å². The molecule has 2 amide bonds. The number of nitrogens with one attached hydrogen (secondary N) is 1. The van der Waals surface area contributed by atoms with Crippen molar-refractivity contribution in [2.75, 3.05) is 4.90 Å². The fourth-order valence-corrected chi connectivity index (χ4v) is 4.70. The third-order valence-electron chi connectivity index (χ3n) is 5.35. The molecule has 150 valence electrons. The second kappa shape index (κ2) is 8.66. The molecule has 1 aliphatic rings. The van der Waals surface area contributed by atoms with Gasteiger partial charge >= 0.3 is 0 Å². The molecule has 1 aliphatic carbocycles. The molecule has 3 aromatic rings. The summed E-state index contributed by atoms with van der Waals surface area (Å²) in [5.41, 5.74) is 1.62. The fourth-order valence-electron chi connectivity index (χ4n) is 3.89. The minimum absolute atomic E-state index is 0.150. The average Bonchev–Trinajstić information content (AvgIpc) is 3.49. The summed E-state index contributed by atoms with van der Waals surface area (Å²) in [5, 5.41) is 5.11. The molecule has 4 rings (SSSR count). The molecule has 0 saturated heterocycles. The number of benzene rings is 1. The lowest BCUT2D eigenvalue weighted by Gasteiger charge is -2.31. The summed E-state index contributed by atoms with van der Waals surface area (Å²) in [6, 6.07) is 14.2. The first-order valence-corrected chi connectivity index (χ1v) is 10.8. The minimum atomic E-state index is -0.755. The minimum Gasteiger partial charge on any atom is -0.459 e. The first kappa shape index (κ1) is 19.5. The van der Waals surface area contributed by atoms with Gasteiger partial charge in [-0.2, -0.15) is 0 Å². The predicted octanol–water partition coefficient (Wildman–Crippen LogP) is 5.10. The van der Waals surface area contributed by atoms with E-state index >= 15 is 0 Å². The van der Waals surface area contributed by atoms with Gasteiger partial charge in [-0.15, -0.1) is 11.3 Å². The molecule has 0 spiro atoms. The van der Waals surface area contributed by atoms with Crippen molar-refractivity contribution in [3.63, 3.8) is 0 Å². The van der Waals surface area contributed by atoms with Gasteiger partial charge in [0.15, 0.2) is 11.8 Å². The number of furan rings is 1. The van der Waals surface area contributed by atoms with Crippen molar-refractivity contribution < 1.29 is 14.0 Å². The normalized spacial score (nSPS) is 15.2. The topological polar surface area (TPSA) is 62.6 Å². The number of carbonyl (C=O) groups is 2. The number of nitrogens with zero attached hydrogens (tertiary/aromatic N) is 1. The Morgan fingerprint density at radius 1 is 1.10 bits per heavy atom. The van der Waals surface area contributed by atoms with Crippen LogP contribution in [0.2, 0.25) is 0 Å². The molecule has 1 fully saturated rings. The lowest BCUT2D eigenvalue weighted by molar-refractivity contribution is -0.123. The molecule has 0 aliphatic heterocycles. The van der Waals surface area contributed by atoms with Crippen LogP contribution in [0.25, 0.3) is 0 Å². The Balaban J connectivity index is 1.78. The van der Waals surface area contributed by atoms with Gasteiger partial charge in [0.05, 0.1) is 6.26 Å². The van der Waals surface area contributed by atoms with Gasteiger partial charge in [-0.1, -0.05) is 37.1 Å². The summed E-state index contributed by atoms with van der Waals surface area (Å²) in [7, 11) is 0. The van der Waals surface area contributed by atoms with Crippen LogP contribution in [0.4, 0.5) is 5.69 Å². The molecule has 6 heteroatoms. The number of hydrogen-bond acceptors (Lipinski definition) is 4. The van der Waals surface area contributed by atoms with Crippen LogP contribution in [0.15, 0.2) is 64.6 Å². The van der Waals surface area contributed by atoms with Gasteiger partial charge < -0.3 is 9.73 Å². The lowest BCUT2D eigenvalue weighted by atomic mass is 10.1. The van der Waals surface area contributed by atoms with E-state index < -0.39 is 6.04 Å². The van der Waals surface area contributed by atoms with E-state index in [1.165, 1.54) is 17.6 Å². The van der Waals surface area contributed by atoms with Gasteiger partial charge in [-0.05, 0) is 55.0 Å². The molecular formula is C23H24N2O3S. The van der Waals surface area contributed by atoms with E-state index in [0.29, 0.717) is 5.69 Å². The Kier molecular flexibility index (Phi) is 5.81. The number of carbonyl (C=O) groups excluding carboxylic acids is 2. The summed E-state index contributed by atoms with van der Waals surface area (Å²) >= 11 is 1.48. The van der Waals surface area contributed by atoms with Crippen LogP contribution in [0.5, 0.6) is 0 Å². The Bertz CT molecular complexity index is 960. The maximum atomic E-state index is 13.5. The number of anilines is 1. The van der Waals surface area contributed by atoms with E-state index in [2.05, 4.69) is 5.32 Å². The van der Waals surface area contributed by atoms with Gasteiger partial charge in [0.1, 0.15) is 0 Å². The summed E-state index contributed by atoms with van der Waals surface area (Å²) in [4.78, 5) is 29.4.